The Morgan fingerprint density at radius 1 is 1.11 bits per heavy atom. The molecule has 0 radical (unpaired) electrons. The molecule has 0 saturated carbocycles. The lowest BCUT2D eigenvalue weighted by Crippen LogP contribution is -2.41. The van der Waals surface area contributed by atoms with Crippen LogP contribution in [0.2, 0.25) is 0 Å². The summed E-state index contributed by atoms with van der Waals surface area (Å²) in [5.74, 6) is 0.0543. The second-order valence-electron chi connectivity index (χ2n) is 9.58. The van der Waals surface area contributed by atoms with Gasteiger partial charge < -0.3 is 14.2 Å². The van der Waals surface area contributed by atoms with Crippen LogP contribution in [-0.2, 0) is 11.2 Å². The van der Waals surface area contributed by atoms with E-state index in [1.54, 1.807) is 12.1 Å². The van der Waals surface area contributed by atoms with Crippen LogP contribution in [0.4, 0.5) is 10.4 Å². The first-order valence-corrected chi connectivity index (χ1v) is 12.7. The fraction of sp³-hybridized carbons (Fsp3) is 0.393. The molecule has 0 bridgehead atoms. The van der Waals surface area contributed by atoms with E-state index >= 15 is 0 Å². The quantitative estimate of drug-likeness (QED) is 0.317. The molecule has 1 aliphatic heterocycles. The van der Waals surface area contributed by atoms with Crippen molar-refractivity contribution in [1.82, 2.24) is 20.1 Å². The zero-order valence-corrected chi connectivity index (χ0v) is 20.6. The van der Waals surface area contributed by atoms with Crippen molar-refractivity contribution in [2.45, 2.75) is 38.5 Å². The van der Waals surface area contributed by atoms with E-state index in [1.165, 1.54) is 12.1 Å². The van der Waals surface area contributed by atoms with Crippen LogP contribution >= 0.6 is 0 Å². The number of fused-ring (bicyclic) bond motifs is 1. The third-order valence-corrected chi connectivity index (χ3v) is 6.98. The first-order chi connectivity index (χ1) is 17.6. The van der Waals surface area contributed by atoms with E-state index in [4.69, 9.17) is 4.42 Å². The van der Waals surface area contributed by atoms with E-state index in [-0.39, 0.29) is 17.6 Å². The van der Waals surface area contributed by atoms with Gasteiger partial charge in [0.15, 0.2) is 5.58 Å². The number of benzene rings is 2. The number of aryl methyl sites for hydroxylation is 1. The van der Waals surface area contributed by atoms with Crippen molar-refractivity contribution < 1.29 is 13.6 Å². The molecule has 0 atom stereocenters. The molecule has 2 aromatic heterocycles. The van der Waals surface area contributed by atoms with Crippen LogP contribution in [0, 0.1) is 11.7 Å². The van der Waals surface area contributed by atoms with Gasteiger partial charge in [-0.25, -0.2) is 4.39 Å². The second-order valence-corrected chi connectivity index (χ2v) is 9.58. The number of halogens is 1. The van der Waals surface area contributed by atoms with Crippen molar-refractivity contribution in [3.8, 4) is 11.3 Å². The highest BCUT2D eigenvalue weighted by Gasteiger charge is 2.28. The number of nitrogens with one attached hydrogen (secondary N) is 1. The molecule has 2 aromatic carbocycles. The van der Waals surface area contributed by atoms with Crippen LogP contribution in [0.3, 0.4) is 0 Å². The summed E-state index contributed by atoms with van der Waals surface area (Å²) < 4.78 is 19.0. The maximum Gasteiger partial charge on any atom is 0.298 e. The number of amides is 1. The number of carbonyl (C=O) groups excluding carboxylic acids is 1. The van der Waals surface area contributed by atoms with Gasteiger partial charge in [0, 0.05) is 43.9 Å². The number of aromatic amines is 1. The summed E-state index contributed by atoms with van der Waals surface area (Å²) in [7, 11) is 1.92. The number of carbonyl (C=O) groups is 1. The van der Waals surface area contributed by atoms with E-state index in [0.717, 1.165) is 86.2 Å². The monoisotopic (exact) mass is 489 g/mol. The van der Waals surface area contributed by atoms with Gasteiger partial charge in [-0.3, -0.25) is 9.89 Å². The average molecular weight is 490 g/mol. The predicted octanol–water partition coefficient (Wildman–Crippen LogP) is 5.44. The maximum absolute atomic E-state index is 13.1. The van der Waals surface area contributed by atoms with E-state index < -0.39 is 0 Å². The molecular formula is C28H32FN5O2. The third-order valence-electron chi connectivity index (χ3n) is 6.98. The Bertz CT molecular complexity index is 1260. The number of para-hydroxylation sites is 2. The number of nitrogens with zero attached hydrogens (tertiary/aromatic N) is 4. The molecule has 7 nitrogen and oxygen atoms in total. The summed E-state index contributed by atoms with van der Waals surface area (Å²) in [6.45, 7) is 2.33. The standard InChI is InChI=1S/C28H32FN5O2/c1-33(16-6-2-3-7-23-19-25(32-31-23)20-10-12-22(29)13-11-20)27(35)21-14-17-34(18-15-21)28-30-24-8-4-5-9-26(24)36-28/h4-5,8-13,19,21H,2-3,6-7,14-18H2,1H3,(H,31,32). The Balaban J connectivity index is 1.01. The van der Waals surface area contributed by atoms with Gasteiger partial charge in [-0.2, -0.15) is 10.1 Å². The Morgan fingerprint density at radius 3 is 2.67 bits per heavy atom. The number of rotatable bonds is 9. The van der Waals surface area contributed by atoms with E-state index in [1.807, 2.05) is 42.3 Å². The third kappa shape index (κ3) is 5.58. The van der Waals surface area contributed by atoms with Crippen LogP contribution in [0.1, 0.15) is 37.8 Å². The number of H-pyrrole nitrogens is 1. The topological polar surface area (TPSA) is 78.3 Å². The van der Waals surface area contributed by atoms with Crippen molar-refractivity contribution in [1.29, 1.82) is 0 Å². The molecule has 0 unspecified atom stereocenters. The van der Waals surface area contributed by atoms with Crippen molar-refractivity contribution >= 4 is 23.0 Å². The van der Waals surface area contributed by atoms with Crippen LogP contribution in [0.5, 0.6) is 0 Å². The van der Waals surface area contributed by atoms with Gasteiger partial charge in [-0.05, 0) is 74.6 Å². The number of hydrogen-bond acceptors (Lipinski definition) is 5. The maximum atomic E-state index is 13.1. The molecular weight excluding hydrogens is 457 g/mol. The molecule has 1 aliphatic rings. The average Bonchev–Trinajstić information content (AvgIpc) is 3.56. The highest BCUT2D eigenvalue weighted by Crippen LogP contribution is 2.27. The minimum Gasteiger partial charge on any atom is -0.423 e. The van der Waals surface area contributed by atoms with Crippen LogP contribution in [-0.4, -0.2) is 52.7 Å². The Labute approximate surface area is 210 Å². The largest absolute Gasteiger partial charge is 0.423 e. The number of unbranched alkanes of at least 4 members (excludes halogenated alkanes) is 2. The first-order valence-electron chi connectivity index (χ1n) is 12.7. The Morgan fingerprint density at radius 2 is 1.89 bits per heavy atom. The summed E-state index contributed by atoms with van der Waals surface area (Å²) in [5, 5.41) is 7.42. The van der Waals surface area contributed by atoms with E-state index in [2.05, 4.69) is 20.1 Å². The number of oxazole rings is 1. The molecule has 0 spiro atoms. The van der Waals surface area contributed by atoms with Crippen molar-refractivity contribution in [2.24, 2.45) is 5.92 Å². The highest BCUT2D eigenvalue weighted by molar-refractivity contribution is 5.79. The number of aromatic nitrogens is 3. The molecule has 0 aliphatic carbocycles. The van der Waals surface area contributed by atoms with Crippen LogP contribution < -0.4 is 4.90 Å². The predicted molar refractivity (Wildman–Crippen MR) is 138 cm³/mol. The van der Waals surface area contributed by atoms with Gasteiger partial charge in [0.05, 0.1) is 5.69 Å². The van der Waals surface area contributed by atoms with Crippen molar-refractivity contribution in [3.05, 3.63) is 66.1 Å². The van der Waals surface area contributed by atoms with Gasteiger partial charge in [0.1, 0.15) is 11.3 Å². The second kappa shape index (κ2) is 10.9. The minimum atomic E-state index is -0.247. The molecule has 1 saturated heterocycles. The van der Waals surface area contributed by atoms with Gasteiger partial charge >= 0.3 is 0 Å². The number of hydrogen-bond donors (Lipinski definition) is 1. The van der Waals surface area contributed by atoms with Crippen molar-refractivity contribution in [2.75, 3.05) is 31.6 Å². The molecule has 1 amide bonds. The lowest BCUT2D eigenvalue weighted by molar-refractivity contribution is -0.134. The number of piperidine rings is 1. The van der Waals surface area contributed by atoms with Gasteiger partial charge in [0.2, 0.25) is 5.91 Å². The highest BCUT2D eigenvalue weighted by atomic mass is 19.1. The smallest absolute Gasteiger partial charge is 0.298 e. The van der Waals surface area contributed by atoms with E-state index in [9.17, 15) is 9.18 Å². The summed E-state index contributed by atoms with van der Waals surface area (Å²) in [4.78, 5) is 21.6. The number of anilines is 1. The normalized spacial score (nSPS) is 14.4. The molecule has 5 rings (SSSR count). The molecule has 1 N–H and O–H groups in total. The SMILES string of the molecule is CN(CCCCCc1cc(-c2ccc(F)cc2)n[nH]1)C(=O)C1CCN(c2nc3ccccc3o2)CC1. The molecule has 4 aromatic rings. The Kier molecular flexibility index (Phi) is 7.30. The lowest BCUT2D eigenvalue weighted by atomic mass is 9.95. The fourth-order valence-corrected chi connectivity index (χ4v) is 4.83. The zero-order chi connectivity index (χ0) is 24.9. The summed E-state index contributed by atoms with van der Waals surface area (Å²) in [6, 6.07) is 16.8. The van der Waals surface area contributed by atoms with Crippen molar-refractivity contribution in [3.63, 3.8) is 0 Å². The van der Waals surface area contributed by atoms with E-state index in [0.29, 0.717) is 6.01 Å². The van der Waals surface area contributed by atoms with Gasteiger partial charge in [0.25, 0.3) is 6.01 Å². The molecule has 188 valence electrons. The van der Waals surface area contributed by atoms with Crippen LogP contribution in [0.15, 0.2) is 59.0 Å². The van der Waals surface area contributed by atoms with Crippen LogP contribution in [0.25, 0.3) is 22.4 Å². The molecule has 36 heavy (non-hydrogen) atoms. The molecule has 3 heterocycles. The minimum absolute atomic E-state index is 0.0607. The summed E-state index contributed by atoms with van der Waals surface area (Å²) in [5.41, 5.74) is 4.47. The Hall–Kier alpha value is -3.68. The summed E-state index contributed by atoms with van der Waals surface area (Å²) >= 11 is 0. The summed E-state index contributed by atoms with van der Waals surface area (Å²) in [6.07, 6.45) is 5.58. The molecule has 8 heteroatoms. The van der Waals surface area contributed by atoms with Gasteiger partial charge in [-0.15, -0.1) is 0 Å². The lowest BCUT2D eigenvalue weighted by Gasteiger charge is -2.32. The zero-order valence-electron chi connectivity index (χ0n) is 20.6. The fourth-order valence-electron chi connectivity index (χ4n) is 4.83. The first kappa shape index (κ1) is 24.0. The van der Waals surface area contributed by atoms with Gasteiger partial charge in [-0.1, -0.05) is 18.6 Å². The molecule has 1 fully saturated rings.